The molecule has 1 aromatic rings. The third kappa shape index (κ3) is 2.83. The van der Waals surface area contributed by atoms with E-state index in [2.05, 4.69) is 10.3 Å². The molecule has 1 rings (SSSR count). The van der Waals surface area contributed by atoms with Crippen molar-refractivity contribution in [2.75, 3.05) is 6.61 Å². The van der Waals surface area contributed by atoms with E-state index in [0.717, 1.165) is 0 Å². The molecule has 0 spiro atoms. The van der Waals surface area contributed by atoms with Crippen LogP contribution in [0.2, 0.25) is 0 Å². The maximum Gasteiger partial charge on any atom is 0.270 e. The van der Waals surface area contributed by atoms with Gasteiger partial charge in [-0.1, -0.05) is 6.07 Å². The Morgan fingerprint density at radius 3 is 3.00 bits per heavy atom. The van der Waals surface area contributed by atoms with Crippen molar-refractivity contribution >= 4 is 5.91 Å². The first kappa shape index (κ1) is 9.67. The van der Waals surface area contributed by atoms with Crippen molar-refractivity contribution in [3.63, 3.8) is 0 Å². The van der Waals surface area contributed by atoms with Crippen molar-refractivity contribution in [1.29, 1.82) is 0 Å². The zero-order valence-corrected chi connectivity index (χ0v) is 7.40. The number of aromatic nitrogens is 1. The van der Waals surface area contributed by atoms with Crippen LogP contribution in [-0.4, -0.2) is 28.6 Å². The van der Waals surface area contributed by atoms with Crippen LogP contribution in [0.15, 0.2) is 24.4 Å². The first-order chi connectivity index (χ1) is 6.24. The van der Waals surface area contributed by atoms with Gasteiger partial charge in [0.25, 0.3) is 5.91 Å². The van der Waals surface area contributed by atoms with Gasteiger partial charge < -0.3 is 10.4 Å². The Morgan fingerprint density at radius 2 is 2.46 bits per heavy atom. The highest BCUT2D eigenvalue weighted by Gasteiger charge is 2.08. The number of pyridine rings is 1. The molecule has 4 heteroatoms. The Kier molecular flexibility index (Phi) is 3.40. The molecular formula is C9H12N2O2. The SMILES string of the molecule is CC(CO)NC(=O)c1ccccn1. The highest BCUT2D eigenvalue weighted by Crippen LogP contribution is 1.93. The summed E-state index contributed by atoms with van der Waals surface area (Å²) in [6.07, 6.45) is 1.55. The smallest absolute Gasteiger partial charge is 0.270 e. The Balaban J connectivity index is 2.59. The number of carbonyl (C=O) groups is 1. The predicted octanol–water partition coefficient (Wildman–Crippen LogP) is 0.192. The average molecular weight is 180 g/mol. The summed E-state index contributed by atoms with van der Waals surface area (Å²) in [6, 6.07) is 4.87. The molecule has 0 saturated carbocycles. The fraction of sp³-hybridized carbons (Fsp3) is 0.333. The quantitative estimate of drug-likeness (QED) is 0.698. The van der Waals surface area contributed by atoms with Gasteiger partial charge in [-0.05, 0) is 19.1 Å². The van der Waals surface area contributed by atoms with E-state index >= 15 is 0 Å². The van der Waals surface area contributed by atoms with E-state index in [1.165, 1.54) is 0 Å². The highest BCUT2D eigenvalue weighted by atomic mass is 16.3. The summed E-state index contributed by atoms with van der Waals surface area (Å²) in [5, 5.41) is 11.3. The van der Waals surface area contributed by atoms with Gasteiger partial charge in [0, 0.05) is 12.2 Å². The third-order valence-corrected chi connectivity index (χ3v) is 1.55. The lowest BCUT2D eigenvalue weighted by Crippen LogP contribution is -2.35. The van der Waals surface area contributed by atoms with Crippen LogP contribution in [0.1, 0.15) is 17.4 Å². The highest BCUT2D eigenvalue weighted by molar-refractivity contribution is 5.92. The largest absolute Gasteiger partial charge is 0.394 e. The van der Waals surface area contributed by atoms with Crippen molar-refractivity contribution < 1.29 is 9.90 Å². The standard InChI is InChI=1S/C9H12N2O2/c1-7(6-12)11-9(13)8-4-2-3-5-10-8/h2-5,7,12H,6H2,1H3,(H,11,13). The summed E-state index contributed by atoms with van der Waals surface area (Å²) >= 11 is 0. The van der Waals surface area contributed by atoms with Crippen molar-refractivity contribution in [2.45, 2.75) is 13.0 Å². The maximum absolute atomic E-state index is 11.3. The Morgan fingerprint density at radius 1 is 1.69 bits per heavy atom. The zero-order chi connectivity index (χ0) is 9.68. The van der Waals surface area contributed by atoms with Crippen LogP contribution in [0.4, 0.5) is 0 Å². The van der Waals surface area contributed by atoms with Crippen LogP contribution in [0.25, 0.3) is 0 Å². The number of nitrogens with one attached hydrogen (secondary N) is 1. The molecule has 0 saturated heterocycles. The lowest BCUT2D eigenvalue weighted by atomic mass is 10.3. The van der Waals surface area contributed by atoms with Gasteiger partial charge in [-0.15, -0.1) is 0 Å². The zero-order valence-electron chi connectivity index (χ0n) is 7.40. The molecule has 0 radical (unpaired) electrons. The Labute approximate surface area is 76.6 Å². The topological polar surface area (TPSA) is 62.2 Å². The minimum absolute atomic E-state index is 0.0709. The fourth-order valence-electron chi connectivity index (χ4n) is 0.840. The van der Waals surface area contributed by atoms with Crippen LogP contribution in [0, 0.1) is 0 Å². The maximum atomic E-state index is 11.3. The Bertz CT molecular complexity index is 274. The lowest BCUT2D eigenvalue weighted by molar-refractivity contribution is 0.0917. The minimum Gasteiger partial charge on any atom is -0.394 e. The van der Waals surface area contributed by atoms with Crippen molar-refractivity contribution in [1.82, 2.24) is 10.3 Å². The molecule has 0 aliphatic carbocycles. The molecule has 13 heavy (non-hydrogen) atoms. The molecule has 1 heterocycles. The molecule has 2 N–H and O–H groups in total. The summed E-state index contributed by atoms with van der Waals surface area (Å²) in [5.41, 5.74) is 0.364. The first-order valence-corrected chi connectivity index (χ1v) is 4.07. The second kappa shape index (κ2) is 4.57. The summed E-state index contributed by atoms with van der Waals surface area (Å²) in [5.74, 6) is -0.262. The number of rotatable bonds is 3. The van der Waals surface area contributed by atoms with E-state index < -0.39 is 0 Å². The van der Waals surface area contributed by atoms with Crippen LogP contribution in [0.3, 0.4) is 0 Å². The number of hydrogen-bond donors (Lipinski definition) is 2. The van der Waals surface area contributed by atoms with Gasteiger partial charge >= 0.3 is 0 Å². The molecule has 1 aromatic heterocycles. The van der Waals surface area contributed by atoms with Crippen LogP contribution >= 0.6 is 0 Å². The number of nitrogens with zero attached hydrogens (tertiary/aromatic N) is 1. The number of hydrogen-bond acceptors (Lipinski definition) is 3. The molecule has 1 amide bonds. The van der Waals surface area contributed by atoms with Gasteiger partial charge in [-0.2, -0.15) is 0 Å². The fourth-order valence-corrected chi connectivity index (χ4v) is 0.840. The molecule has 4 nitrogen and oxygen atoms in total. The van der Waals surface area contributed by atoms with Crippen LogP contribution < -0.4 is 5.32 Å². The van der Waals surface area contributed by atoms with E-state index in [0.29, 0.717) is 5.69 Å². The minimum atomic E-state index is -0.262. The van der Waals surface area contributed by atoms with E-state index in [9.17, 15) is 4.79 Å². The van der Waals surface area contributed by atoms with E-state index in [4.69, 9.17) is 5.11 Å². The van der Waals surface area contributed by atoms with Crippen molar-refractivity contribution in [3.8, 4) is 0 Å². The van der Waals surface area contributed by atoms with Gasteiger partial charge in [0.05, 0.1) is 6.61 Å². The van der Waals surface area contributed by atoms with Gasteiger partial charge in [0.15, 0.2) is 0 Å². The van der Waals surface area contributed by atoms with E-state index in [1.54, 1.807) is 31.3 Å². The van der Waals surface area contributed by atoms with Gasteiger partial charge in [-0.3, -0.25) is 9.78 Å². The molecule has 0 aromatic carbocycles. The molecule has 0 bridgehead atoms. The van der Waals surface area contributed by atoms with Crippen molar-refractivity contribution in [3.05, 3.63) is 30.1 Å². The number of carbonyl (C=O) groups excluding carboxylic acids is 1. The van der Waals surface area contributed by atoms with E-state index in [1.807, 2.05) is 0 Å². The average Bonchev–Trinajstić information content (AvgIpc) is 2.19. The Hall–Kier alpha value is -1.42. The molecule has 0 fully saturated rings. The molecule has 70 valence electrons. The lowest BCUT2D eigenvalue weighted by Gasteiger charge is -2.09. The third-order valence-electron chi connectivity index (χ3n) is 1.55. The summed E-state index contributed by atoms with van der Waals surface area (Å²) < 4.78 is 0. The second-order valence-electron chi connectivity index (χ2n) is 2.77. The van der Waals surface area contributed by atoms with E-state index in [-0.39, 0.29) is 18.6 Å². The van der Waals surface area contributed by atoms with Gasteiger partial charge in [0.2, 0.25) is 0 Å². The summed E-state index contributed by atoms with van der Waals surface area (Å²) in [4.78, 5) is 15.2. The summed E-state index contributed by atoms with van der Waals surface area (Å²) in [7, 11) is 0. The first-order valence-electron chi connectivity index (χ1n) is 4.07. The molecule has 0 aliphatic heterocycles. The van der Waals surface area contributed by atoms with Gasteiger partial charge in [-0.25, -0.2) is 0 Å². The van der Waals surface area contributed by atoms with Crippen LogP contribution in [-0.2, 0) is 0 Å². The number of amides is 1. The molecule has 1 unspecified atom stereocenters. The van der Waals surface area contributed by atoms with Crippen molar-refractivity contribution in [2.24, 2.45) is 0 Å². The predicted molar refractivity (Wildman–Crippen MR) is 48.3 cm³/mol. The van der Waals surface area contributed by atoms with Gasteiger partial charge in [0.1, 0.15) is 5.69 Å². The molecular weight excluding hydrogens is 168 g/mol. The molecule has 0 aliphatic rings. The molecule has 1 atom stereocenters. The monoisotopic (exact) mass is 180 g/mol. The number of aliphatic hydroxyl groups excluding tert-OH is 1. The van der Waals surface area contributed by atoms with Crippen LogP contribution in [0.5, 0.6) is 0 Å². The second-order valence-corrected chi connectivity index (χ2v) is 2.77. The number of aliphatic hydroxyl groups is 1. The normalized spacial score (nSPS) is 12.2. The summed E-state index contributed by atoms with van der Waals surface area (Å²) in [6.45, 7) is 1.65.